The lowest BCUT2D eigenvalue weighted by Crippen LogP contribution is -2.29. The third-order valence-corrected chi connectivity index (χ3v) is 2.27. The van der Waals surface area contributed by atoms with Crippen molar-refractivity contribution in [3.05, 3.63) is 34.9 Å². The zero-order valence-electron chi connectivity index (χ0n) is 8.91. The second-order valence-corrected chi connectivity index (χ2v) is 3.70. The smallest absolute Gasteiger partial charge is 0.220 e. The first-order chi connectivity index (χ1) is 7.22. The fourth-order valence-corrected chi connectivity index (χ4v) is 1.33. The van der Waals surface area contributed by atoms with E-state index in [-0.39, 0.29) is 18.3 Å². The molecule has 1 amide bonds. The van der Waals surface area contributed by atoms with Gasteiger partial charge in [-0.1, -0.05) is 23.7 Å². The maximum atomic E-state index is 11.2. The lowest BCUT2D eigenvalue weighted by Gasteiger charge is -2.03. The molecule has 0 aliphatic rings. The van der Waals surface area contributed by atoms with E-state index in [1.165, 1.54) is 0 Å². The predicted octanol–water partition coefficient (Wildman–Crippen LogP) is 1.77. The Balaban J connectivity index is 0.00000225. The van der Waals surface area contributed by atoms with Gasteiger partial charge in [0.2, 0.25) is 5.91 Å². The minimum atomic E-state index is 0. The van der Waals surface area contributed by atoms with E-state index in [0.29, 0.717) is 24.5 Å². The van der Waals surface area contributed by atoms with Gasteiger partial charge in [-0.05, 0) is 24.1 Å². The SMILES string of the molecule is Cl.NCCNC(=O)CCc1ccc(Cl)cc1. The minimum absolute atomic E-state index is 0. The Morgan fingerprint density at radius 2 is 1.94 bits per heavy atom. The predicted molar refractivity (Wildman–Crippen MR) is 69.1 cm³/mol. The Morgan fingerprint density at radius 3 is 2.50 bits per heavy atom. The summed E-state index contributed by atoms with van der Waals surface area (Å²) in [7, 11) is 0. The number of carbonyl (C=O) groups excluding carboxylic acids is 1. The highest BCUT2D eigenvalue weighted by Crippen LogP contribution is 2.10. The van der Waals surface area contributed by atoms with Crippen molar-refractivity contribution in [1.82, 2.24) is 5.32 Å². The quantitative estimate of drug-likeness (QED) is 0.850. The number of aryl methyl sites for hydroxylation is 1. The molecule has 1 rings (SSSR count). The van der Waals surface area contributed by atoms with Gasteiger partial charge < -0.3 is 11.1 Å². The number of carbonyl (C=O) groups is 1. The molecule has 1 aromatic rings. The summed E-state index contributed by atoms with van der Waals surface area (Å²) in [6, 6.07) is 7.51. The van der Waals surface area contributed by atoms with Crippen molar-refractivity contribution in [1.29, 1.82) is 0 Å². The average molecular weight is 263 g/mol. The Hall–Kier alpha value is -0.770. The molecule has 0 aromatic heterocycles. The summed E-state index contributed by atoms with van der Waals surface area (Å²) in [5.41, 5.74) is 6.38. The van der Waals surface area contributed by atoms with Crippen molar-refractivity contribution < 1.29 is 4.79 Å². The summed E-state index contributed by atoms with van der Waals surface area (Å²) < 4.78 is 0. The number of amides is 1. The molecule has 0 aliphatic heterocycles. The first-order valence-corrected chi connectivity index (χ1v) is 5.31. The molecule has 3 N–H and O–H groups in total. The molecule has 0 spiro atoms. The van der Waals surface area contributed by atoms with Crippen LogP contribution in [0.3, 0.4) is 0 Å². The van der Waals surface area contributed by atoms with Crippen LogP contribution in [0.4, 0.5) is 0 Å². The van der Waals surface area contributed by atoms with Gasteiger partial charge in [0, 0.05) is 24.5 Å². The van der Waals surface area contributed by atoms with Gasteiger partial charge in [0.15, 0.2) is 0 Å². The van der Waals surface area contributed by atoms with Crippen LogP contribution in [-0.2, 0) is 11.2 Å². The molecule has 16 heavy (non-hydrogen) atoms. The van der Waals surface area contributed by atoms with E-state index < -0.39 is 0 Å². The minimum Gasteiger partial charge on any atom is -0.355 e. The van der Waals surface area contributed by atoms with Crippen molar-refractivity contribution in [3.8, 4) is 0 Å². The number of hydrogen-bond donors (Lipinski definition) is 2. The van der Waals surface area contributed by atoms with Crippen LogP contribution in [0, 0.1) is 0 Å². The summed E-state index contributed by atoms with van der Waals surface area (Å²) in [5, 5.41) is 3.44. The van der Waals surface area contributed by atoms with Crippen molar-refractivity contribution in [3.63, 3.8) is 0 Å². The third-order valence-electron chi connectivity index (χ3n) is 2.02. The van der Waals surface area contributed by atoms with Crippen LogP contribution in [0.5, 0.6) is 0 Å². The highest BCUT2D eigenvalue weighted by molar-refractivity contribution is 6.30. The Morgan fingerprint density at radius 1 is 1.31 bits per heavy atom. The molecule has 5 heteroatoms. The van der Waals surface area contributed by atoms with Crippen LogP contribution in [0.2, 0.25) is 5.02 Å². The molecule has 0 aliphatic carbocycles. The van der Waals surface area contributed by atoms with E-state index in [9.17, 15) is 4.79 Å². The molecular weight excluding hydrogens is 247 g/mol. The molecule has 0 atom stereocenters. The molecule has 90 valence electrons. The highest BCUT2D eigenvalue weighted by atomic mass is 35.5. The maximum Gasteiger partial charge on any atom is 0.220 e. The summed E-state index contributed by atoms with van der Waals surface area (Å²) in [6.07, 6.45) is 1.22. The van der Waals surface area contributed by atoms with Crippen LogP contribution in [0.25, 0.3) is 0 Å². The van der Waals surface area contributed by atoms with E-state index in [0.717, 1.165) is 12.0 Å². The summed E-state index contributed by atoms with van der Waals surface area (Å²) in [4.78, 5) is 11.2. The average Bonchev–Trinajstić information content (AvgIpc) is 2.25. The molecule has 0 fully saturated rings. The van der Waals surface area contributed by atoms with Crippen molar-refractivity contribution in [2.45, 2.75) is 12.8 Å². The molecular formula is C11H16Cl2N2O. The monoisotopic (exact) mass is 262 g/mol. The normalized spacial score (nSPS) is 9.38. The molecule has 1 aromatic carbocycles. The zero-order chi connectivity index (χ0) is 11.1. The largest absolute Gasteiger partial charge is 0.355 e. The van der Waals surface area contributed by atoms with Gasteiger partial charge in [-0.25, -0.2) is 0 Å². The summed E-state index contributed by atoms with van der Waals surface area (Å²) in [5.74, 6) is 0.0374. The van der Waals surface area contributed by atoms with Gasteiger partial charge >= 0.3 is 0 Å². The Bertz CT molecular complexity index is 314. The Labute approximate surface area is 107 Å². The van der Waals surface area contributed by atoms with Gasteiger partial charge in [-0.2, -0.15) is 0 Å². The molecule has 0 heterocycles. The highest BCUT2D eigenvalue weighted by Gasteiger charge is 2.00. The molecule has 0 saturated heterocycles. The van der Waals surface area contributed by atoms with Crippen molar-refractivity contribution in [2.24, 2.45) is 5.73 Å². The van der Waals surface area contributed by atoms with Crippen molar-refractivity contribution >= 4 is 29.9 Å². The standard InChI is InChI=1S/C11H15ClN2O.ClH/c12-10-4-1-9(2-5-10)3-6-11(15)14-8-7-13;/h1-2,4-5H,3,6-8,13H2,(H,14,15);1H. The van der Waals surface area contributed by atoms with Gasteiger partial charge in [0.05, 0.1) is 0 Å². The lowest BCUT2D eigenvalue weighted by molar-refractivity contribution is -0.120. The fraction of sp³-hybridized carbons (Fsp3) is 0.364. The number of benzene rings is 1. The van der Waals surface area contributed by atoms with Crippen LogP contribution < -0.4 is 11.1 Å². The van der Waals surface area contributed by atoms with Crippen LogP contribution in [0.1, 0.15) is 12.0 Å². The van der Waals surface area contributed by atoms with E-state index >= 15 is 0 Å². The van der Waals surface area contributed by atoms with Crippen LogP contribution in [-0.4, -0.2) is 19.0 Å². The molecule has 0 saturated carbocycles. The number of nitrogens with one attached hydrogen (secondary N) is 1. The van der Waals surface area contributed by atoms with Gasteiger partial charge in [-0.15, -0.1) is 12.4 Å². The second-order valence-electron chi connectivity index (χ2n) is 3.27. The maximum absolute atomic E-state index is 11.2. The summed E-state index contributed by atoms with van der Waals surface area (Å²) in [6.45, 7) is 1.02. The van der Waals surface area contributed by atoms with E-state index in [2.05, 4.69) is 5.32 Å². The van der Waals surface area contributed by atoms with Gasteiger partial charge in [0.25, 0.3) is 0 Å². The van der Waals surface area contributed by atoms with Gasteiger partial charge in [-0.3, -0.25) is 4.79 Å². The molecule has 0 radical (unpaired) electrons. The topological polar surface area (TPSA) is 55.1 Å². The lowest BCUT2D eigenvalue weighted by atomic mass is 10.1. The summed E-state index contributed by atoms with van der Waals surface area (Å²) >= 11 is 5.75. The van der Waals surface area contributed by atoms with Crippen molar-refractivity contribution in [2.75, 3.05) is 13.1 Å². The molecule has 0 unspecified atom stereocenters. The first kappa shape index (κ1) is 15.2. The number of nitrogens with two attached hydrogens (primary N) is 1. The molecule has 0 bridgehead atoms. The zero-order valence-corrected chi connectivity index (χ0v) is 10.5. The van der Waals surface area contributed by atoms with Crippen LogP contribution >= 0.6 is 24.0 Å². The van der Waals surface area contributed by atoms with Gasteiger partial charge in [0.1, 0.15) is 0 Å². The van der Waals surface area contributed by atoms with E-state index in [1.807, 2.05) is 24.3 Å². The fourth-order valence-electron chi connectivity index (χ4n) is 1.21. The first-order valence-electron chi connectivity index (χ1n) is 4.93. The van der Waals surface area contributed by atoms with E-state index in [1.54, 1.807) is 0 Å². The number of rotatable bonds is 5. The Kier molecular flexibility index (Phi) is 7.99. The van der Waals surface area contributed by atoms with Crippen LogP contribution in [0.15, 0.2) is 24.3 Å². The number of hydrogen-bond acceptors (Lipinski definition) is 2. The third kappa shape index (κ3) is 5.95. The second kappa shape index (κ2) is 8.39. The molecule has 3 nitrogen and oxygen atoms in total. The van der Waals surface area contributed by atoms with E-state index in [4.69, 9.17) is 17.3 Å². The number of halogens is 2.